The van der Waals surface area contributed by atoms with Crippen molar-refractivity contribution in [2.24, 2.45) is 0 Å². The molecule has 0 aliphatic rings. The van der Waals surface area contributed by atoms with Gasteiger partial charge in [0.05, 0.1) is 11.4 Å². The number of hydrogen-bond acceptors (Lipinski definition) is 1. The van der Waals surface area contributed by atoms with Crippen molar-refractivity contribution in [1.29, 1.82) is 0 Å². The molecule has 4 aromatic rings. The highest BCUT2D eigenvalue weighted by atomic mass is 19.1. The molecule has 3 aromatic carbocycles. The number of rotatable bonds is 3. The number of aromatic amines is 1. The lowest BCUT2D eigenvalue weighted by Crippen LogP contribution is -1.82. The first kappa shape index (κ1) is 14.4. The van der Waals surface area contributed by atoms with E-state index in [9.17, 15) is 4.39 Å². The molecule has 0 bridgehead atoms. The number of halogens is 1. The fourth-order valence-corrected chi connectivity index (χ4v) is 2.74. The van der Waals surface area contributed by atoms with Gasteiger partial charge in [0.25, 0.3) is 0 Å². The first-order valence-corrected chi connectivity index (χ1v) is 7.78. The van der Waals surface area contributed by atoms with Gasteiger partial charge in [0.15, 0.2) is 0 Å². The van der Waals surface area contributed by atoms with E-state index in [1.807, 2.05) is 60.7 Å². The van der Waals surface area contributed by atoms with Crippen LogP contribution in [-0.2, 0) is 0 Å². The van der Waals surface area contributed by atoms with Crippen LogP contribution in [0.4, 0.5) is 4.39 Å². The van der Waals surface area contributed by atoms with E-state index in [1.165, 1.54) is 12.1 Å². The molecule has 0 unspecified atom stereocenters. The van der Waals surface area contributed by atoms with Crippen molar-refractivity contribution in [2.75, 3.05) is 0 Å². The van der Waals surface area contributed by atoms with Crippen LogP contribution >= 0.6 is 0 Å². The molecule has 0 amide bonds. The number of aromatic nitrogens is 2. The second-order valence-electron chi connectivity index (χ2n) is 5.55. The van der Waals surface area contributed by atoms with Gasteiger partial charge in [-0.15, -0.1) is 0 Å². The molecular weight excluding hydrogens is 299 g/mol. The Bertz CT molecular complexity index is 885. The van der Waals surface area contributed by atoms with Crippen molar-refractivity contribution in [3.8, 4) is 33.9 Å². The van der Waals surface area contributed by atoms with Crippen LogP contribution in [0.15, 0.2) is 84.9 Å². The Balaban J connectivity index is 1.89. The quantitative estimate of drug-likeness (QED) is 0.527. The van der Waals surface area contributed by atoms with Crippen LogP contribution in [0, 0.1) is 5.82 Å². The molecule has 0 saturated heterocycles. The zero-order valence-electron chi connectivity index (χ0n) is 12.9. The molecule has 4 rings (SSSR count). The van der Waals surface area contributed by atoms with Gasteiger partial charge in [0.2, 0.25) is 0 Å². The molecule has 2 nitrogen and oxygen atoms in total. The first-order valence-electron chi connectivity index (χ1n) is 7.78. The number of H-pyrrole nitrogens is 1. The number of nitrogens with zero attached hydrogens (tertiary/aromatic N) is 1. The number of benzene rings is 3. The van der Waals surface area contributed by atoms with Crippen molar-refractivity contribution in [1.82, 2.24) is 9.97 Å². The Labute approximate surface area is 139 Å². The molecule has 3 heteroatoms. The Hall–Kier alpha value is -3.20. The summed E-state index contributed by atoms with van der Waals surface area (Å²) >= 11 is 0. The standard InChI is InChI=1S/C21H15FN2/c22-18-13-11-17(12-14-18)21-23-19(15-7-3-1-4-8-15)20(24-21)16-9-5-2-6-10-16/h1-14H,(H,23,24). The molecule has 0 fully saturated rings. The lowest BCUT2D eigenvalue weighted by atomic mass is 10.1. The Morgan fingerprint density at radius 3 is 1.83 bits per heavy atom. The third kappa shape index (κ3) is 2.72. The SMILES string of the molecule is Fc1ccc(-c2nc(-c3ccccc3)c(-c3ccccc3)[nH]2)cc1. The summed E-state index contributed by atoms with van der Waals surface area (Å²) in [4.78, 5) is 8.18. The van der Waals surface area contributed by atoms with E-state index in [4.69, 9.17) is 4.98 Å². The van der Waals surface area contributed by atoms with Crippen molar-refractivity contribution < 1.29 is 4.39 Å². The van der Waals surface area contributed by atoms with E-state index < -0.39 is 0 Å². The molecule has 0 atom stereocenters. The third-order valence-electron chi connectivity index (χ3n) is 3.93. The fraction of sp³-hybridized carbons (Fsp3) is 0. The van der Waals surface area contributed by atoms with Crippen LogP contribution in [0.25, 0.3) is 33.9 Å². The largest absolute Gasteiger partial charge is 0.337 e. The molecule has 1 heterocycles. The number of imidazole rings is 1. The third-order valence-corrected chi connectivity index (χ3v) is 3.93. The highest BCUT2D eigenvalue weighted by Gasteiger charge is 2.14. The Morgan fingerprint density at radius 2 is 1.21 bits per heavy atom. The molecule has 0 aliphatic carbocycles. The maximum atomic E-state index is 13.2. The van der Waals surface area contributed by atoms with E-state index >= 15 is 0 Å². The highest BCUT2D eigenvalue weighted by Crippen LogP contribution is 2.32. The van der Waals surface area contributed by atoms with Crippen molar-refractivity contribution in [3.63, 3.8) is 0 Å². The van der Waals surface area contributed by atoms with Crippen LogP contribution in [0.5, 0.6) is 0 Å². The van der Waals surface area contributed by atoms with Crippen LogP contribution < -0.4 is 0 Å². The first-order chi connectivity index (χ1) is 11.8. The van der Waals surface area contributed by atoms with E-state index in [-0.39, 0.29) is 5.82 Å². The minimum atomic E-state index is -0.253. The summed E-state index contributed by atoms with van der Waals surface area (Å²) in [5.41, 5.74) is 4.82. The van der Waals surface area contributed by atoms with Gasteiger partial charge in [-0.25, -0.2) is 9.37 Å². The lowest BCUT2D eigenvalue weighted by molar-refractivity contribution is 0.628. The van der Waals surface area contributed by atoms with E-state index in [2.05, 4.69) is 4.98 Å². The molecule has 0 spiro atoms. The summed E-state index contributed by atoms with van der Waals surface area (Å²) in [6.07, 6.45) is 0. The Kier molecular flexibility index (Phi) is 3.67. The Morgan fingerprint density at radius 1 is 0.625 bits per heavy atom. The molecule has 1 aromatic heterocycles. The summed E-state index contributed by atoms with van der Waals surface area (Å²) < 4.78 is 13.2. The summed E-state index contributed by atoms with van der Waals surface area (Å²) in [5.74, 6) is 0.476. The highest BCUT2D eigenvalue weighted by molar-refractivity contribution is 5.81. The van der Waals surface area contributed by atoms with Gasteiger partial charge >= 0.3 is 0 Å². The van der Waals surface area contributed by atoms with Crippen molar-refractivity contribution >= 4 is 0 Å². The maximum Gasteiger partial charge on any atom is 0.138 e. The summed E-state index contributed by atoms with van der Waals surface area (Å²) in [5, 5.41) is 0. The minimum Gasteiger partial charge on any atom is -0.337 e. The molecular formula is C21H15FN2. The maximum absolute atomic E-state index is 13.2. The normalized spacial score (nSPS) is 10.7. The zero-order chi connectivity index (χ0) is 16.4. The van der Waals surface area contributed by atoms with E-state index in [1.54, 1.807) is 12.1 Å². The van der Waals surface area contributed by atoms with Gasteiger partial charge < -0.3 is 4.98 Å². The van der Waals surface area contributed by atoms with Crippen LogP contribution in [-0.4, -0.2) is 9.97 Å². The lowest BCUT2D eigenvalue weighted by Gasteiger charge is -2.02. The van der Waals surface area contributed by atoms with Crippen LogP contribution in [0.2, 0.25) is 0 Å². The zero-order valence-corrected chi connectivity index (χ0v) is 12.9. The topological polar surface area (TPSA) is 28.7 Å². The van der Waals surface area contributed by atoms with E-state index in [0.717, 1.165) is 33.9 Å². The molecule has 0 saturated carbocycles. The average molecular weight is 314 g/mol. The second-order valence-corrected chi connectivity index (χ2v) is 5.55. The average Bonchev–Trinajstić information content (AvgIpc) is 3.09. The molecule has 0 radical (unpaired) electrons. The monoisotopic (exact) mass is 314 g/mol. The second kappa shape index (κ2) is 6.13. The number of hydrogen-bond donors (Lipinski definition) is 1. The molecule has 116 valence electrons. The van der Waals surface area contributed by atoms with Crippen LogP contribution in [0.3, 0.4) is 0 Å². The smallest absolute Gasteiger partial charge is 0.138 e. The van der Waals surface area contributed by atoms with Gasteiger partial charge in [-0.3, -0.25) is 0 Å². The number of nitrogens with one attached hydrogen (secondary N) is 1. The summed E-state index contributed by atoms with van der Waals surface area (Å²) in [6, 6.07) is 26.5. The minimum absolute atomic E-state index is 0.253. The fourth-order valence-electron chi connectivity index (χ4n) is 2.74. The molecule has 24 heavy (non-hydrogen) atoms. The van der Waals surface area contributed by atoms with E-state index in [0.29, 0.717) is 0 Å². The van der Waals surface area contributed by atoms with Gasteiger partial charge in [-0.2, -0.15) is 0 Å². The van der Waals surface area contributed by atoms with Gasteiger partial charge in [-0.1, -0.05) is 60.7 Å². The van der Waals surface area contributed by atoms with Crippen molar-refractivity contribution in [2.45, 2.75) is 0 Å². The van der Waals surface area contributed by atoms with Gasteiger partial charge in [0, 0.05) is 16.7 Å². The van der Waals surface area contributed by atoms with Gasteiger partial charge in [0.1, 0.15) is 11.6 Å². The molecule has 1 N–H and O–H groups in total. The van der Waals surface area contributed by atoms with Crippen molar-refractivity contribution in [3.05, 3.63) is 90.7 Å². The van der Waals surface area contributed by atoms with Gasteiger partial charge in [-0.05, 0) is 24.3 Å². The predicted molar refractivity (Wildman–Crippen MR) is 94.9 cm³/mol. The predicted octanol–water partition coefficient (Wildman–Crippen LogP) is 5.55. The summed E-state index contributed by atoms with van der Waals surface area (Å²) in [6.45, 7) is 0. The molecule has 0 aliphatic heterocycles. The summed E-state index contributed by atoms with van der Waals surface area (Å²) in [7, 11) is 0. The van der Waals surface area contributed by atoms with Crippen LogP contribution in [0.1, 0.15) is 0 Å².